The Morgan fingerprint density at radius 3 is 2.33 bits per heavy atom. The van der Waals surface area contributed by atoms with Crippen LogP contribution in [0, 0.1) is 0 Å². The van der Waals surface area contributed by atoms with Crippen LogP contribution < -0.4 is 5.32 Å². The topological polar surface area (TPSA) is 21.3 Å². The van der Waals surface area contributed by atoms with Gasteiger partial charge in [0.2, 0.25) is 0 Å². The van der Waals surface area contributed by atoms with Gasteiger partial charge in [-0.1, -0.05) is 6.92 Å². The van der Waals surface area contributed by atoms with E-state index >= 15 is 0 Å². The van der Waals surface area contributed by atoms with E-state index in [1.165, 1.54) is 12.1 Å². The highest BCUT2D eigenvalue weighted by molar-refractivity contribution is 5.44. The number of alkyl halides is 3. The van der Waals surface area contributed by atoms with Crippen molar-refractivity contribution < 1.29 is 17.9 Å². The number of ether oxygens (including phenoxy) is 1. The highest BCUT2D eigenvalue weighted by Crippen LogP contribution is 2.29. The minimum Gasteiger partial charge on any atom is -0.385 e. The summed E-state index contributed by atoms with van der Waals surface area (Å²) >= 11 is 0. The molecule has 0 radical (unpaired) electrons. The zero-order chi connectivity index (χ0) is 13.4. The summed E-state index contributed by atoms with van der Waals surface area (Å²) in [7, 11) is 0. The van der Waals surface area contributed by atoms with Gasteiger partial charge >= 0.3 is 6.18 Å². The molecule has 18 heavy (non-hydrogen) atoms. The van der Waals surface area contributed by atoms with Crippen LogP contribution in [0.3, 0.4) is 0 Å². The summed E-state index contributed by atoms with van der Waals surface area (Å²) < 4.78 is 42.2. The molecule has 0 saturated heterocycles. The fourth-order valence-electron chi connectivity index (χ4n) is 1.43. The van der Waals surface area contributed by atoms with Crippen LogP contribution in [0.15, 0.2) is 24.3 Å². The first kappa shape index (κ1) is 14.8. The summed E-state index contributed by atoms with van der Waals surface area (Å²) in [6.07, 6.45) is -2.44. The highest BCUT2D eigenvalue weighted by Gasteiger charge is 2.29. The maximum atomic E-state index is 12.3. The second-order valence-corrected chi connectivity index (χ2v) is 3.97. The van der Waals surface area contributed by atoms with Crippen molar-refractivity contribution in [1.82, 2.24) is 0 Å². The van der Waals surface area contributed by atoms with Crippen molar-refractivity contribution in [3.8, 4) is 0 Å². The number of halogens is 3. The molecule has 0 fully saturated rings. The van der Waals surface area contributed by atoms with Crippen molar-refractivity contribution in [2.45, 2.75) is 25.9 Å². The second-order valence-electron chi connectivity index (χ2n) is 3.97. The van der Waals surface area contributed by atoms with E-state index in [2.05, 4.69) is 5.32 Å². The van der Waals surface area contributed by atoms with E-state index in [-0.39, 0.29) is 0 Å². The lowest BCUT2D eigenvalue weighted by Crippen LogP contribution is -2.07. The van der Waals surface area contributed by atoms with Crippen LogP contribution in [0.2, 0.25) is 0 Å². The summed E-state index contributed by atoms with van der Waals surface area (Å²) in [5.74, 6) is 0. The number of benzene rings is 1. The van der Waals surface area contributed by atoms with E-state index in [4.69, 9.17) is 4.74 Å². The Hall–Kier alpha value is -1.23. The minimum atomic E-state index is -4.27. The van der Waals surface area contributed by atoms with Crippen molar-refractivity contribution >= 4 is 5.69 Å². The van der Waals surface area contributed by atoms with Crippen molar-refractivity contribution in [1.29, 1.82) is 0 Å². The third-order valence-corrected chi connectivity index (χ3v) is 2.36. The molecule has 1 aromatic rings. The SMILES string of the molecule is CCCOCCCNc1ccc(C(F)(F)F)cc1. The van der Waals surface area contributed by atoms with Crippen LogP contribution in [0.4, 0.5) is 18.9 Å². The molecular formula is C13H18F3NO. The molecule has 0 heterocycles. The summed E-state index contributed by atoms with van der Waals surface area (Å²) in [4.78, 5) is 0. The standard InChI is InChI=1S/C13H18F3NO/c1-2-9-18-10-3-8-17-12-6-4-11(5-7-12)13(14,15)16/h4-7,17H,2-3,8-10H2,1H3. The summed E-state index contributed by atoms with van der Waals surface area (Å²) in [5.41, 5.74) is 0.0674. The Labute approximate surface area is 105 Å². The molecular weight excluding hydrogens is 243 g/mol. The van der Waals surface area contributed by atoms with Crippen LogP contribution in [0.25, 0.3) is 0 Å². The zero-order valence-electron chi connectivity index (χ0n) is 10.4. The van der Waals surface area contributed by atoms with Gasteiger partial charge < -0.3 is 10.1 Å². The number of hydrogen-bond donors (Lipinski definition) is 1. The predicted molar refractivity (Wildman–Crippen MR) is 65.7 cm³/mol. The van der Waals surface area contributed by atoms with E-state index in [1.54, 1.807) is 0 Å². The molecule has 0 atom stereocenters. The van der Waals surface area contributed by atoms with Gasteiger partial charge in [-0.3, -0.25) is 0 Å². The van der Waals surface area contributed by atoms with Gasteiger partial charge in [0, 0.05) is 25.4 Å². The first-order valence-electron chi connectivity index (χ1n) is 6.03. The molecule has 1 aromatic carbocycles. The lowest BCUT2D eigenvalue weighted by Gasteiger charge is -2.09. The van der Waals surface area contributed by atoms with E-state index < -0.39 is 11.7 Å². The van der Waals surface area contributed by atoms with Gasteiger partial charge in [-0.2, -0.15) is 13.2 Å². The van der Waals surface area contributed by atoms with Gasteiger partial charge in [0.15, 0.2) is 0 Å². The summed E-state index contributed by atoms with van der Waals surface area (Å²) in [5, 5.41) is 3.05. The van der Waals surface area contributed by atoms with Crippen LogP contribution in [0.5, 0.6) is 0 Å². The Morgan fingerprint density at radius 1 is 1.11 bits per heavy atom. The normalized spacial score (nSPS) is 11.6. The lowest BCUT2D eigenvalue weighted by atomic mass is 10.2. The third kappa shape index (κ3) is 5.40. The quantitative estimate of drug-likeness (QED) is 0.751. The minimum absolute atomic E-state index is 0.626. The zero-order valence-corrected chi connectivity index (χ0v) is 10.4. The first-order valence-corrected chi connectivity index (χ1v) is 6.03. The molecule has 0 aliphatic carbocycles. The lowest BCUT2D eigenvalue weighted by molar-refractivity contribution is -0.137. The van der Waals surface area contributed by atoms with Crippen LogP contribution >= 0.6 is 0 Å². The molecule has 1 rings (SSSR count). The van der Waals surface area contributed by atoms with Crippen molar-refractivity contribution in [3.05, 3.63) is 29.8 Å². The molecule has 2 nitrogen and oxygen atoms in total. The van der Waals surface area contributed by atoms with E-state index in [9.17, 15) is 13.2 Å². The van der Waals surface area contributed by atoms with Crippen LogP contribution in [-0.4, -0.2) is 19.8 Å². The second kappa shape index (κ2) is 7.26. The maximum Gasteiger partial charge on any atom is 0.416 e. The number of rotatable bonds is 7. The Morgan fingerprint density at radius 2 is 1.78 bits per heavy atom. The van der Waals surface area contributed by atoms with Crippen molar-refractivity contribution in [2.75, 3.05) is 25.1 Å². The van der Waals surface area contributed by atoms with Gasteiger partial charge in [-0.15, -0.1) is 0 Å². The van der Waals surface area contributed by atoms with Crippen molar-refractivity contribution in [3.63, 3.8) is 0 Å². The number of anilines is 1. The average molecular weight is 261 g/mol. The van der Waals surface area contributed by atoms with Crippen LogP contribution in [0.1, 0.15) is 25.3 Å². The summed E-state index contributed by atoms with van der Waals surface area (Å²) in [6.45, 7) is 4.15. The number of nitrogens with one attached hydrogen (secondary N) is 1. The van der Waals surface area contributed by atoms with Gasteiger partial charge in [-0.05, 0) is 37.1 Å². The summed E-state index contributed by atoms with van der Waals surface area (Å²) in [6, 6.07) is 5.04. The largest absolute Gasteiger partial charge is 0.416 e. The molecule has 1 N–H and O–H groups in total. The predicted octanol–water partition coefficient (Wildman–Crippen LogP) is 3.93. The Bertz CT molecular complexity index is 335. The fraction of sp³-hybridized carbons (Fsp3) is 0.538. The molecule has 102 valence electrons. The first-order chi connectivity index (χ1) is 8.54. The van der Waals surface area contributed by atoms with Crippen LogP contribution in [-0.2, 0) is 10.9 Å². The maximum absolute atomic E-state index is 12.3. The molecule has 5 heteroatoms. The molecule has 0 amide bonds. The number of hydrogen-bond acceptors (Lipinski definition) is 2. The molecule has 0 bridgehead atoms. The Balaban J connectivity index is 2.27. The third-order valence-electron chi connectivity index (χ3n) is 2.36. The van der Waals surface area contributed by atoms with E-state index in [0.29, 0.717) is 18.8 Å². The van der Waals surface area contributed by atoms with E-state index in [0.717, 1.165) is 31.6 Å². The highest BCUT2D eigenvalue weighted by atomic mass is 19.4. The Kier molecular flexibility index (Phi) is 5.98. The van der Waals surface area contributed by atoms with E-state index in [1.807, 2.05) is 6.92 Å². The molecule has 0 unspecified atom stereocenters. The van der Waals surface area contributed by atoms with Gasteiger partial charge in [0.05, 0.1) is 5.56 Å². The molecule has 0 spiro atoms. The average Bonchev–Trinajstić information content (AvgIpc) is 2.33. The molecule has 0 aliphatic heterocycles. The van der Waals surface area contributed by atoms with Crippen molar-refractivity contribution in [2.24, 2.45) is 0 Å². The van der Waals surface area contributed by atoms with Gasteiger partial charge in [0.25, 0.3) is 0 Å². The molecule has 0 aliphatic rings. The molecule has 0 saturated carbocycles. The van der Waals surface area contributed by atoms with Gasteiger partial charge in [0.1, 0.15) is 0 Å². The molecule has 0 aromatic heterocycles. The fourth-order valence-corrected chi connectivity index (χ4v) is 1.43. The monoisotopic (exact) mass is 261 g/mol. The van der Waals surface area contributed by atoms with Gasteiger partial charge in [-0.25, -0.2) is 0 Å². The smallest absolute Gasteiger partial charge is 0.385 e.